The Labute approximate surface area is 103 Å². The zero-order chi connectivity index (χ0) is 11.4. The average Bonchev–Trinajstić information content (AvgIpc) is 2.69. The molecule has 0 amide bonds. The van der Waals surface area contributed by atoms with Gasteiger partial charge in [-0.05, 0) is 35.0 Å². The normalized spacial score (nSPS) is 10.4. The second kappa shape index (κ2) is 5.16. The van der Waals surface area contributed by atoms with Gasteiger partial charge in [-0.25, -0.2) is 4.98 Å². The van der Waals surface area contributed by atoms with Gasteiger partial charge in [-0.3, -0.25) is 0 Å². The Morgan fingerprint density at radius 1 is 1.31 bits per heavy atom. The van der Waals surface area contributed by atoms with Crippen molar-refractivity contribution in [3.8, 4) is 5.75 Å². The van der Waals surface area contributed by atoms with Crippen LogP contribution in [0.1, 0.15) is 12.6 Å². The van der Waals surface area contributed by atoms with E-state index in [0.29, 0.717) is 6.61 Å². The summed E-state index contributed by atoms with van der Waals surface area (Å²) in [6.07, 6.45) is 1.99. The number of halogens is 1. The van der Waals surface area contributed by atoms with E-state index in [2.05, 4.69) is 27.8 Å². The SMILES string of the molecule is CCn1cc(COc2ccccc2)nc1Br. The number of aryl methyl sites for hydroxylation is 1. The van der Waals surface area contributed by atoms with Gasteiger partial charge >= 0.3 is 0 Å². The van der Waals surface area contributed by atoms with E-state index in [1.54, 1.807) is 0 Å². The summed E-state index contributed by atoms with van der Waals surface area (Å²) in [6, 6.07) is 9.75. The third-order valence-corrected chi connectivity index (χ3v) is 2.88. The van der Waals surface area contributed by atoms with Crippen molar-refractivity contribution in [2.24, 2.45) is 0 Å². The molecule has 3 nitrogen and oxygen atoms in total. The van der Waals surface area contributed by atoms with Crippen molar-refractivity contribution in [3.63, 3.8) is 0 Å². The van der Waals surface area contributed by atoms with Gasteiger partial charge in [0.15, 0.2) is 4.73 Å². The lowest BCUT2D eigenvalue weighted by molar-refractivity contribution is 0.301. The van der Waals surface area contributed by atoms with Gasteiger partial charge in [0.25, 0.3) is 0 Å². The number of hydrogen-bond donors (Lipinski definition) is 0. The Morgan fingerprint density at radius 3 is 2.69 bits per heavy atom. The third kappa shape index (κ3) is 2.64. The molecule has 1 heterocycles. The van der Waals surface area contributed by atoms with Crippen molar-refractivity contribution in [1.82, 2.24) is 9.55 Å². The molecule has 0 unspecified atom stereocenters. The van der Waals surface area contributed by atoms with Gasteiger partial charge in [-0.1, -0.05) is 18.2 Å². The number of hydrogen-bond acceptors (Lipinski definition) is 2. The number of imidazole rings is 1. The summed E-state index contributed by atoms with van der Waals surface area (Å²) in [5.41, 5.74) is 0.928. The molecule has 0 N–H and O–H groups in total. The minimum absolute atomic E-state index is 0.496. The van der Waals surface area contributed by atoms with E-state index >= 15 is 0 Å². The van der Waals surface area contributed by atoms with Gasteiger partial charge in [-0.15, -0.1) is 0 Å². The van der Waals surface area contributed by atoms with Crippen LogP contribution < -0.4 is 4.74 Å². The molecule has 0 bridgehead atoms. The fourth-order valence-corrected chi connectivity index (χ4v) is 1.99. The van der Waals surface area contributed by atoms with Crippen molar-refractivity contribution in [2.75, 3.05) is 0 Å². The van der Waals surface area contributed by atoms with Crippen molar-refractivity contribution >= 4 is 15.9 Å². The number of ether oxygens (including phenoxy) is 1. The molecule has 0 saturated heterocycles. The summed E-state index contributed by atoms with van der Waals surface area (Å²) >= 11 is 3.40. The first-order chi connectivity index (χ1) is 7.79. The highest BCUT2D eigenvalue weighted by atomic mass is 79.9. The minimum atomic E-state index is 0.496. The van der Waals surface area contributed by atoms with Gasteiger partial charge in [0.1, 0.15) is 12.4 Å². The second-order valence-electron chi connectivity index (χ2n) is 3.39. The highest BCUT2D eigenvalue weighted by Crippen LogP contribution is 2.14. The van der Waals surface area contributed by atoms with Crippen LogP contribution in [0.25, 0.3) is 0 Å². The molecule has 0 radical (unpaired) electrons. The molecule has 0 aliphatic rings. The lowest BCUT2D eigenvalue weighted by Crippen LogP contribution is -1.95. The maximum Gasteiger partial charge on any atom is 0.177 e. The molecule has 0 fully saturated rings. The molecular formula is C12H13BrN2O. The molecule has 0 saturated carbocycles. The predicted octanol–water partition coefficient (Wildman–Crippen LogP) is 3.24. The first kappa shape index (κ1) is 11.2. The molecule has 0 atom stereocenters. The molecule has 2 aromatic rings. The van der Waals surface area contributed by atoms with Crippen LogP contribution in [-0.4, -0.2) is 9.55 Å². The van der Waals surface area contributed by atoms with Crippen LogP contribution in [0.4, 0.5) is 0 Å². The predicted molar refractivity (Wildman–Crippen MR) is 66.4 cm³/mol. The van der Waals surface area contributed by atoms with E-state index in [0.717, 1.165) is 22.7 Å². The lowest BCUT2D eigenvalue weighted by atomic mass is 10.3. The fraction of sp³-hybridized carbons (Fsp3) is 0.250. The Hall–Kier alpha value is -1.29. The van der Waals surface area contributed by atoms with Crippen molar-refractivity contribution < 1.29 is 4.74 Å². The van der Waals surface area contributed by atoms with E-state index in [-0.39, 0.29) is 0 Å². The number of aromatic nitrogens is 2. The molecule has 1 aromatic carbocycles. The number of benzene rings is 1. The summed E-state index contributed by atoms with van der Waals surface area (Å²) in [5, 5.41) is 0. The molecule has 2 rings (SSSR count). The van der Waals surface area contributed by atoms with Crippen LogP contribution in [0.5, 0.6) is 5.75 Å². The van der Waals surface area contributed by atoms with Crippen LogP contribution in [-0.2, 0) is 13.2 Å². The highest BCUT2D eigenvalue weighted by Gasteiger charge is 2.04. The third-order valence-electron chi connectivity index (χ3n) is 2.25. The number of para-hydroxylation sites is 1. The van der Waals surface area contributed by atoms with E-state index < -0.39 is 0 Å². The maximum atomic E-state index is 5.61. The largest absolute Gasteiger partial charge is 0.487 e. The molecule has 1 aromatic heterocycles. The van der Waals surface area contributed by atoms with Gasteiger partial charge < -0.3 is 9.30 Å². The summed E-state index contributed by atoms with van der Waals surface area (Å²) in [5.74, 6) is 0.865. The number of nitrogens with zero attached hydrogens (tertiary/aromatic N) is 2. The van der Waals surface area contributed by atoms with E-state index in [4.69, 9.17) is 4.74 Å². The Kier molecular flexibility index (Phi) is 3.62. The monoisotopic (exact) mass is 280 g/mol. The quantitative estimate of drug-likeness (QED) is 0.860. The van der Waals surface area contributed by atoms with Crippen LogP contribution in [0.15, 0.2) is 41.3 Å². The van der Waals surface area contributed by atoms with Gasteiger partial charge in [-0.2, -0.15) is 0 Å². The Morgan fingerprint density at radius 2 is 2.06 bits per heavy atom. The van der Waals surface area contributed by atoms with Gasteiger partial charge in [0.2, 0.25) is 0 Å². The van der Waals surface area contributed by atoms with E-state index in [1.807, 2.05) is 41.1 Å². The van der Waals surface area contributed by atoms with Gasteiger partial charge in [0, 0.05) is 12.7 Å². The highest BCUT2D eigenvalue weighted by molar-refractivity contribution is 9.10. The standard InChI is InChI=1S/C12H13BrN2O/c1-2-15-8-10(14-12(15)13)9-16-11-6-4-3-5-7-11/h3-8H,2,9H2,1H3. The van der Waals surface area contributed by atoms with E-state index in [9.17, 15) is 0 Å². The first-order valence-electron chi connectivity index (χ1n) is 5.19. The summed E-state index contributed by atoms with van der Waals surface area (Å²) in [7, 11) is 0. The lowest BCUT2D eigenvalue weighted by Gasteiger charge is -2.02. The zero-order valence-electron chi connectivity index (χ0n) is 9.06. The minimum Gasteiger partial charge on any atom is -0.487 e. The molecule has 84 valence electrons. The summed E-state index contributed by atoms with van der Waals surface area (Å²) in [6.45, 7) is 3.48. The van der Waals surface area contributed by atoms with Gasteiger partial charge in [0.05, 0.1) is 5.69 Å². The van der Waals surface area contributed by atoms with Crippen molar-refractivity contribution in [1.29, 1.82) is 0 Å². The number of rotatable bonds is 4. The second-order valence-corrected chi connectivity index (χ2v) is 4.10. The van der Waals surface area contributed by atoms with Crippen LogP contribution in [0.2, 0.25) is 0 Å². The van der Waals surface area contributed by atoms with Crippen LogP contribution in [0, 0.1) is 0 Å². The topological polar surface area (TPSA) is 27.1 Å². The molecule has 0 spiro atoms. The van der Waals surface area contributed by atoms with Crippen molar-refractivity contribution in [3.05, 3.63) is 47.0 Å². The molecule has 4 heteroatoms. The van der Waals surface area contributed by atoms with E-state index in [1.165, 1.54) is 0 Å². The summed E-state index contributed by atoms with van der Waals surface area (Å²) in [4.78, 5) is 4.35. The molecule has 0 aliphatic heterocycles. The first-order valence-corrected chi connectivity index (χ1v) is 5.98. The molecular weight excluding hydrogens is 268 g/mol. The Bertz CT molecular complexity index is 453. The fourth-order valence-electron chi connectivity index (χ4n) is 1.41. The molecule has 16 heavy (non-hydrogen) atoms. The zero-order valence-corrected chi connectivity index (χ0v) is 10.6. The van der Waals surface area contributed by atoms with Crippen LogP contribution >= 0.6 is 15.9 Å². The Balaban J connectivity index is 2.00. The molecule has 0 aliphatic carbocycles. The smallest absolute Gasteiger partial charge is 0.177 e. The van der Waals surface area contributed by atoms with Crippen molar-refractivity contribution in [2.45, 2.75) is 20.1 Å². The van der Waals surface area contributed by atoms with Crippen LogP contribution in [0.3, 0.4) is 0 Å². The average molecular weight is 281 g/mol. The maximum absolute atomic E-state index is 5.61. The summed E-state index contributed by atoms with van der Waals surface area (Å²) < 4.78 is 8.49.